The highest BCUT2D eigenvalue weighted by Gasteiger charge is 2.15. The Kier molecular flexibility index (Phi) is 4.12. The Morgan fingerprint density at radius 2 is 1.71 bits per heavy atom. The van der Waals surface area contributed by atoms with E-state index in [-0.39, 0.29) is 0 Å². The van der Waals surface area contributed by atoms with Crippen LogP contribution in [0.5, 0.6) is 0 Å². The molecular formula is C16H13Br2ClN2. The second-order valence-corrected chi connectivity index (χ2v) is 7.12. The lowest BCUT2D eigenvalue weighted by Gasteiger charge is -2.15. The van der Waals surface area contributed by atoms with Crippen molar-refractivity contribution in [2.45, 2.75) is 19.7 Å². The zero-order valence-electron chi connectivity index (χ0n) is 11.6. The number of hydrogen-bond acceptors (Lipinski definition) is 1. The summed E-state index contributed by atoms with van der Waals surface area (Å²) in [5, 5.41) is 0. The molecule has 0 unspecified atom stereocenters. The Balaban J connectivity index is 2.39. The molecule has 0 aliphatic rings. The Labute approximate surface area is 145 Å². The first-order valence-electron chi connectivity index (χ1n) is 6.51. The Bertz CT molecular complexity index is 817. The average molecular weight is 429 g/mol. The molecule has 0 saturated carbocycles. The summed E-state index contributed by atoms with van der Waals surface area (Å²) in [4.78, 5) is 4.66. The molecular weight excluding hydrogens is 415 g/mol. The Morgan fingerprint density at radius 3 is 2.33 bits per heavy atom. The molecule has 0 saturated heterocycles. The first-order valence-corrected chi connectivity index (χ1v) is 8.63. The van der Waals surface area contributed by atoms with E-state index in [0.717, 1.165) is 31.5 Å². The number of fused-ring (bicyclic) bond motifs is 1. The SMILES string of the molecule is Cc1cc(Br)cc(C)c1-n1c(CCl)nc2cc(Br)ccc21. The van der Waals surface area contributed by atoms with Gasteiger partial charge < -0.3 is 0 Å². The van der Waals surface area contributed by atoms with Crippen molar-refractivity contribution in [2.24, 2.45) is 0 Å². The van der Waals surface area contributed by atoms with Crippen molar-refractivity contribution in [1.29, 1.82) is 0 Å². The molecule has 0 aliphatic heterocycles. The minimum atomic E-state index is 0.376. The van der Waals surface area contributed by atoms with Gasteiger partial charge in [-0.05, 0) is 55.3 Å². The number of halogens is 3. The molecule has 0 atom stereocenters. The largest absolute Gasteiger partial charge is 0.295 e. The molecule has 3 rings (SSSR count). The van der Waals surface area contributed by atoms with E-state index in [2.05, 4.69) is 73.5 Å². The maximum absolute atomic E-state index is 6.12. The number of rotatable bonds is 2. The van der Waals surface area contributed by atoms with Gasteiger partial charge in [0.15, 0.2) is 0 Å². The van der Waals surface area contributed by atoms with E-state index >= 15 is 0 Å². The highest BCUT2D eigenvalue weighted by Crippen LogP contribution is 2.30. The number of alkyl halides is 1. The molecule has 0 bridgehead atoms. The van der Waals surface area contributed by atoms with Crippen molar-refractivity contribution < 1.29 is 0 Å². The van der Waals surface area contributed by atoms with Gasteiger partial charge in [0.2, 0.25) is 0 Å². The fourth-order valence-electron chi connectivity index (χ4n) is 2.70. The van der Waals surface area contributed by atoms with Crippen molar-refractivity contribution >= 4 is 54.5 Å². The molecule has 2 nitrogen and oxygen atoms in total. The lowest BCUT2D eigenvalue weighted by atomic mass is 10.1. The minimum absolute atomic E-state index is 0.376. The van der Waals surface area contributed by atoms with Gasteiger partial charge in [0, 0.05) is 8.95 Å². The first-order chi connectivity index (χ1) is 10.0. The van der Waals surface area contributed by atoms with Crippen LogP contribution in [0.15, 0.2) is 39.3 Å². The van der Waals surface area contributed by atoms with E-state index in [0.29, 0.717) is 5.88 Å². The molecule has 2 aromatic carbocycles. The molecule has 108 valence electrons. The fourth-order valence-corrected chi connectivity index (χ4v) is 3.91. The van der Waals surface area contributed by atoms with E-state index in [1.807, 2.05) is 12.1 Å². The van der Waals surface area contributed by atoms with E-state index in [4.69, 9.17) is 11.6 Å². The first kappa shape index (κ1) is 15.1. The van der Waals surface area contributed by atoms with Crippen LogP contribution in [0.3, 0.4) is 0 Å². The summed E-state index contributed by atoms with van der Waals surface area (Å²) in [5.74, 6) is 1.24. The van der Waals surface area contributed by atoms with Crippen LogP contribution in [0.2, 0.25) is 0 Å². The Morgan fingerprint density at radius 1 is 1.05 bits per heavy atom. The summed E-state index contributed by atoms with van der Waals surface area (Å²) in [6.45, 7) is 4.21. The van der Waals surface area contributed by atoms with Gasteiger partial charge >= 0.3 is 0 Å². The second-order valence-electron chi connectivity index (χ2n) is 5.02. The third kappa shape index (κ3) is 2.65. The standard InChI is InChI=1S/C16H13Br2ClN2/c1-9-5-12(18)6-10(2)16(9)21-14-4-3-11(17)7-13(14)20-15(21)8-19/h3-7H,8H2,1-2H3. The summed E-state index contributed by atoms with van der Waals surface area (Å²) in [5.41, 5.74) is 5.55. The van der Waals surface area contributed by atoms with Gasteiger partial charge in [-0.15, -0.1) is 11.6 Å². The van der Waals surface area contributed by atoms with Crippen molar-refractivity contribution in [1.82, 2.24) is 9.55 Å². The minimum Gasteiger partial charge on any atom is -0.295 e. The summed E-state index contributed by atoms with van der Waals surface area (Å²) < 4.78 is 4.26. The van der Waals surface area contributed by atoms with Crippen molar-refractivity contribution in [2.75, 3.05) is 0 Å². The van der Waals surface area contributed by atoms with Gasteiger partial charge in [-0.1, -0.05) is 31.9 Å². The zero-order valence-corrected chi connectivity index (χ0v) is 15.6. The molecule has 0 aliphatic carbocycles. The van der Waals surface area contributed by atoms with Crippen LogP contribution in [0.25, 0.3) is 16.7 Å². The van der Waals surface area contributed by atoms with Crippen LogP contribution in [0.4, 0.5) is 0 Å². The molecule has 3 aromatic rings. The quantitative estimate of drug-likeness (QED) is 0.464. The fraction of sp³-hybridized carbons (Fsp3) is 0.188. The van der Waals surface area contributed by atoms with Crippen molar-refractivity contribution in [3.05, 3.63) is 56.2 Å². The van der Waals surface area contributed by atoms with E-state index in [9.17, 15) is 0 Å². The molecule has 0 amide bonds. The van der Waals surface area contributed by atoms with Crippen LogP contribution in [-0.2, 0) is 5.88 Å². The predicted octanol–water partition coefficient (Wildman–Crippen LogP) is 5.91. The van der Waals surface area contributed by atoms with Crippen molar-refractivity contribution in [3.8, 4) is 5.69 Å². The van der Waals surface area contributed by atoms with Gasteiger partial charge in [-0.2, -0.15) is 0 Å². The van der Waals surface area contributed by atoms with Crippen LogP contribution in [0, 0.1) is 13.8 Å². The molecule has 1 aromatic heterocycles. The summed E-state index contributed by atoms with van der Waals surface area (Å²) >= 11 is 13.2. The molecule has 0 radical (unpaired) electrons. The highest BCUT2D eigenvalue weighted by molar-refractivity contribution is 9.10. The molecule has 21 heavy (non-hydrogen) atoms. The highest BCUT2D eigenvalue weighted by atomic mass is 79.9. The topological polar surface area (TPSA) is 17.8 Å². The number of benzene rings is 2. The zero-order chi connectivity index (χ0) is 15.1. The van der Waals surface area contributed by atoms with Gasteiger partial charge in [0.05, 0.1) is 22.6 Å². The van der Waals surface area contributed by atoms with Gasteiger partial charge in [0.25, 0.3) is 0 Å². The molecule has 1 heterocycles. The molecule has 5 heteroatoms. The number of aromatic nitrogens is 2. The lowest BCUT2D eigenvalue weighted by molar-refractivity contribution is 0.961. The van der Waals surface area contributed by atoms with Crippen LogP contribution in [-0.4, -0.2) is 9.55 Å². The second kappa shape index (κ2) is 5.75. The average Bonchev–Trinajstić information content (AvgIpc) is 2.75. The third-order valence-electron chi connectivity index (χ3n) is 3.48. The Hall–Kier alpha value is -0.840. The smallest absolute Gasteiger partial charge is 0.129 e. The van der Waals surface area contributed by atoms with Gasteiger partial charge in [0.1, 0.15) is 5.82 Å². The van der Waals surface area contributed by atoms with E-state index in [1.54, 1.807) is 0 Å². The van der Waals surface area contributed by atoms with Gasteiger partial charge in [-0.3, -0.25) is 4.57 Å². The van der Waals surface area contributed by atoms with Gasteiger partial charge in [-0.25, -0.2) is 4.98 Å². The molecule has 0 N–H and O–H groups in total. The third-order valence-corrected chi connectivity index (χ3v) is 4.68. The summed E-state index contributed by atoms with van der Waals surface area (Å²) in [7, 11) is 0. The van der Waals surface area contributed by atoms with Crippen LogP contribution in [0.1, 0.15) is 17.0 Å². The maximum Gasteiger partial charge on any atom is 0.129 e. The number of nitrogens with zero attached hydrogens (tertiary/aromatic N) is 2. The predicted molar refractivity (Wildman–Crippen MR) is 95.5 cm³/mol. The molecule has 0 fully saturated rings. The normalized spacial score (nSPS) is 11.3. The maximum atomic E-state index is 6.12. The van der Waals surface area contributed by atoms with E-state index in [1.165, 1.54) is 11.1 Å². The summed E-state index contributed by atoms with van der Waals surface area (Å²) in [6, 6.07) is 10.4. The number of aryl methyl sites for hydroxylation is 2. The van der Waals surface area contributed by atoms with Crippen LogP contribution >= 0.6 is 43.5 Å². The summed E-state index contributed by atoms with van der Waals surface area (Å²) in [6.07, 6.45) is 0. The number of imidazole rings is 1. The number of hydrogen-bond donors (Lipinski definition) is 0. The van der Waals surface area contributed by atoms with Crippen LogP contribution < -0.4 is 0 Å². The van der Waals surface area contributed by atoms with Crippen molar-refractivity contribution in [3.63, 3.8) is 0 Å². The molecule has 0 spiro atoms. The lowest BCUT2D eigenvalue weighted by Crippen LogP contribution is -2.04. The van der Waals surface area contributed by atoms with E-state index < -0.39 is 0 Å². The monoisotopic (exact) mass is 426 g/mol.